The van der Waals surface area contributed by atoms with Gasteiger partial charge >= 0.3 is 5.97 Å². The first-order valence-electron chi connectivity index (χ1n) is 7.26. The monoisotopic (exact) mass is 373 g/mol. The molecule has 0 aromatic carbocycles. The minimum absolute atomic E-state index is 0.0480. The molecular weight excluding hydrogens is 354 g/mol. The molecule has 8 nitrogen and oxygen atoms in total. The van der Waals surface area contributed by atoms with Gasteiger partial charge in [0.1, 0.15) is 0 Å². The number of nitrogens with zero attached hydrogens (tertiary/aromatic N) is 2. The van der Waals surface area contributed by atoms with Crippen molar-refractivity contribution in [3.8, 4) is 0 Å². The van der Waals surface area contributed by atoms with Crippen LogP contribution >= 0.6 is 11.3 Å². The fourth-order valence-corrected chi connectivity index (χ4v) is 4.66. The summed E-state index contributed by atoms with van der Waals surface area (Å²) in [6.07, 6.45) is 2.07. The second-order valence-corrected chi connectivity index (χ2v) is 8.43. The van der Waals surface area contributed by atoms with E-state index >= 15 is 0 Å². The second-order valence-electron chi connectivity index (χ2n) is 5.35. The minimum atomic E-state index is -3.08. The molecule has 1 unspecified atom stereocenters. The topological polar surface area (TPSA) is 106 Å². The maximum atomic E-state index is 12.0. The number of ether oxygens (including phenoxy) is 1. The van der Waals surface area contributed by atoms with Crippen LogP contribution in [0.25, 0.3) is 0 Å². The lowest BCUT2D eigenvalue weighted by molar-refractivity contribution is -0.134. The van der Waals surface area contributed by atoms with Crippen molar-refractivity contribution in [2.45, 2.75) is 12.5 Å². The predicted octanol–water partition coefficient (Wildman–Crippen LogP) is 0.543. The van der Waals surface area contributed by atoms with Crippen LogP contribution in [0.5, 0.6) is 0 Å². The van der Waals surface area contributed by atoms with Gasteiger partial charge in [0, 0.05) is 25.0 Å². The van der Waals surface area contributed by atoms with E-state index in [1.807, 2.05) is 0 Å². The maximum absolute atomic E-state index is 12.0. The number of carbonyl (C=O) groups excluding carboxylic acids is 2. The van der Waals surface area contributed by atoms with Crippen LogP contribution in [0.3, 0.4) is 0 Å². The molecule has 2 rings (SSSR count). The summed E-state index contributed by atoms with van der Waals surface area (Å²) in [6, 6.07) is -0.366. The maximum Gasteiger partial charge on any atom is 0.358 e. The largest absolute Gasteiger partial charge is 0.451 e. The van der Waals surface area contributed by atoms with Gasteiger partial charge in [0.05, 0.1) is 11.5 Å². The number of amides is 1. The third-order valence-corrected chi connectivity index (χ3v) is 6.14. The predicted molar refractivity (Wildman–Crippen MR) is 90.9 cm³/mol. The van der Waals surface area contributed by atoms with Crippen molar-refractivity contribution < 1.29 is 22.7 Å². The van der Waals surface area contributed by atoms with Gasteiger partial charge in [0.25, 0.3) is 5.91 Å². The van der Waals surface area contributed by atoms with Gasteiger partial charge in [0.15, 0.2) is 27.3 Å². The molecule has 1 N–H and O–H groups in total. The zero-order chi connectivity index (χ0) is 17.7. The van der Waals surface area contributed by atoms with Gasteiger partial charge in [-0.05, 0) is 6.42 Å². The normalized spacial score (nSPS) is 18.8. The molecule has 0 radical (unpaired) electrons. The van der Waals surface area contributed by atoms with E-state index in [2.05, 4.69) is 16.9 Å². The van der Waals surface area contributed by atoms with Crippen LogP contribution in [0.1, 0.15) is 16.9 Å². The molecule has 1 aromatic heterocycles. The van der Waals surface area contributed by atoms with Crippen molar-refractivity contribution >= 4 is 38.2 Å². The van der Waals surface area contributed by atoms with Crippen molar-refractivity contribution in [2.75, 3.05) is 37.0 Å². The molecule has 1 amide bonds. The summed E-state index contributed by atoms with van der Waals surface area (Å²) in [4.78, 5) is 29.3. The van der Waals surface area contributed by atoms with Crippen molar-refractivity contribution in [2.24, 2.45) is 0 Å². The number of anilines is 1. The summed E-state index contributed by atoms with van der Waals surface area (Å²) in [6.45, 7) is 3.65. The average Bonchev–Trinajstić information content (AvgIpc) is 3.15. The molecule has 1 fully saturated rings. The van der Waals surface area contributed by atoms with Crippen molar-refractivity contribution in [3.63, 3.8) is 0 Å². The van der Waals surface area contributed by atoms with E-state index in [9.17, 15) is 18.0 Å². The van der Waals surface area contributed by atoms with Crippen LogP contribution in [0.2, 0.25) is 0 Å². The standard InChI is InChI=1S/C14H19N3O5S2/c1-3-5-15-14-16-11(8-23-14)13(19)22-7-12(18)17(2)10-4-6-24(20,21)9-10/h3,8,10H,1,4-7,9H2,2H3,(H,15,16). The SMILES string of the molecule is C=CCNc1nc(C(=O)OCC(=O)N(C)C2CCS(=O)(=O)C2)cs1. The molecule has 132 valence electrons. The van der Waals surface area contributed by atoms with Crippen LogP contribution in [0.4, 0.5) is 5.13 Å². The molecule has 0 aliphatic carbocycles. The Morgan fingerprint density at radius 3 is 2.96 bits per heavy atom. The van der Waals surface area contributed by atoms with E-state index in [1.54, 1.807) is 6.08 Å². The summed E-state index contributed by atoms with van der Waals surface area (Å²) in [5, 5.41) is 5.04. The number of rotatable bonds is 7. The first kappa shape index (κ1) is 18.4. The van der Waals surface area contributed by atoms with E-state index in [-0.39, 0.29) is 23.2 Å². The van der Waals surface area contributed by atoms with Crippen LogP contribution in [-0.4, -0.2) is 67.9 Å². The van der Waals surface area contributed by atoms with E-state index < -0.39 is 28.3 Å². The van der Waals surface area contributed by atoms with Crippen molar-refractivity contribution in [1.82, 2.24) is 9.88 Å². The van der Waals surface area contributed by atoms with Gasteiger partial charge in [-0.3, -0.25) is 4.79 Å². The molecule has 1 saturated heterocycles. The molecule has 1 aliphatic rings. The Kier molecular flexibility index (Phi) is 5.94. The number of likely N-dealkylation sites (N-methyl/N-ethyl adjacent to an activating group) is 1. The number of esters is 1. The Labute approximate surface area is 144 Å². The number of thiazole rings is 1. The molecular formula is C14H19N3O5S2. The highest BCUT2D eigenvalue weighted by Gasteiger charge is 2.33. The van der Waals surface area contributed by atoms with E-state index in [1.165, 1.54) is 28.7 Å². The van der Waals surface area contributed by atoms with Crippen LogP contribution in [-0.2, 0) is 19.4 Å². The van der Waals surface area contributed by atoms with E-state index in [4.69, 9.17) is 4.74 Å². The van der Waals surface area contributed by atoms with Gasteiger partial charge in [0.2, 0.25) is 0 Å². The highest BCUT2D eigenvalue weighted by Crippen LogP contribution is 2.18. The molecule has 24 heavy (non-hydrogen) atoms. The molecule has 1 aromatic rings. The summed E-state index contributed by atoms with van der Waals surface area (Å²) in [5.41, 5.74) is 0.116. The third-order valence-electron chi connectivity index (χ3n) is 3.59. The summed E-state index contributed by atoms with van der Waals surface area (Å²) in [5.74, 6) is -1.11. The number of hydrogen-bond acceptors (Lipinski definition) is 8. The molecule has 1 atom stereocenters. The molecule has 0 spiro atoms. The van der Waals surface area contributed by atoms with Gasteiger partial charge in [-0.25, -0.2) is 18.2 Å². The Bertz CT molecular complexity index is 729. The van der Waals surface area contributed by atoms with E-state index in [0.29, 0.717) is 18.1 Å². The number of aromatic nitrogens is 1. The first-order valence-corrected chi connectivity index (χ1v) is 9.96. The second kappa shape index (κ2) is 7.75. The fourth-order valence-electron chi connectivity index (χ4n) is 2.20. The lowest BCUT2D eigenvalue weighted by atomic mass is 10.2. The third kappa shape index (κ3) is 4.78. The van der Waals surface area contributed by atoms with Crippen molar-refractivity contribution in [1.29, 1.82) is 0 Å². The lowest BCUT2D eigenvalue weighted by Gasteiger charge is -2.22. The Hall–Kier alpha value is -1.94. The van der Waals surface area contributed by atoms with Gasteiger partial charge < -0.3 is 15.0 Å². The van der Waals surface area contributed by atoms with Gasteiger partial charge in [-0.1, -0.05) is 6.08 Å². The van der Waals surface area contributed by atoms with Crippen molar-refractivity contribution in [3.05, 3.63) is 23.7 Å². The number of carbonyl (C=O) groups is 2. The Morgan fingerprint density at radius 1 is 1.58 bits per heavy atom. The molecule has 0 saturated carbocycles. The Morgan fingerprint density at radius 2 is 2.33 bits per heavy atom. The molecule has 0 bridgehead atoms. The highest BCUT2D eigenvalue weighted by atomic mass is 32.2. The highest BCUT2D eigenvalue weighted by molar-refractivity contribution is 7.91. The van der Waals surface area contributed by atoms with Crippen LogP contribution < -0.4 is 5.32 Å². The first-order chi connectivity index (χ1) is 11.3. The molecule has 1 aliphatic heterocycles. The molecule has 2 heterocycles. The minimum Gasteiger partial charge on any atom is -0.451 e. The summed E-state index contributed by atoms with van der Waals surface area (Å²) >= 11 is 1.25. The average molecular weight is 373 g/mol. The zero-order valence-corrected chi connectivity index (χ0v) is 14.9. The smallest absolute Gasteiger partial charge is 0.358 e. The number of hydrogen-bond donors (Lipinski definition) is 1. The Balaban J connectivity index is 1.83. The summed E-state index contributed by atoms with van der Waals surface area (Å²) in [7, 11) is -1.56. The molecule has 10 heteroatoms. The lowest BCUT2D eigenvalue weighted by Crippen LogP contribution is -2.40. The van der Waals surface area contributed by atoms with Gasteiger partial charge in [-0.2, -0.15) is 0 Å². The number of nitrogens with one attached hydrogen (secondary N) is 1. The van der Waals surface area contributed by atoms with Gasteiger partial charge in [-0.15, -0.1) is 17.9 Å². The van der Waals surface area contributed by atoms with Crippen LogP contribution in [0.15, 0.2) is 18.0 Å². The summed E-state index contributed by atoms with van der Waals surface area (Å²) < 4.78 is 27.9. The van der Waals surface area contributed by atoms with E-state index in [0.717, 1.165) is 0 Å². The fraction of sp³-hybridized carbons (Fsp3) is 0.500. The zero-order valence-electron chi connectivity index (χ0n) is 13.2. The van der Waals surface area contributed by atoms with Crippen LogP contribution in [0, 0.1) is 0 Å². The quantitative estimate of drug-likeness (QED) is 0.549. The number of sulfone groups is 1.